The standard InChI is InChI=1S/C17H23N3O2S/c1-2-6-15-12-19-17(23-15)20-16(22)18-11-14(9-10-21)13-7-4-3-5-8-13/h3-5,7-8,12,14,21H,2,6,9-11H2,1H3,(H2,18,19,20,22). The van der Waals surface area contributed by atoms with Gasteiger partial charge in [-0.25, -0.2) is 9.78 Å². The van der Waals surface area contributed by atoms with E-state index in [1.807, 2.05) is 36.5 Å². The van der Waals surface area contributed by atoms with Crippen LogP contribution in [0.1, 0.15) is 36.1 Å². The van der Waals surface area contributed by atoms with Gasteiger partial charge in [-0.15, -0.1) is 11.3 Å². The van der Waals surface area contributed by atoms with E-state index in [2.05, 4.69) is 22.5 Å². The first kappa shape index (κ1) is 17.4. The third-order valence-electron chi connectivity index (χ3n) is 3.53. The van der Waals surface area contributed by atoms with Crippen molar-refractivity contribution in [1.82, 2.24) is 10.3 Å². The summed E-state index contributed by atoms with van der Waals surface area (Å²) in [6, 6.07) is 9.64. The van der Waals surface area contributed by atoms with E-state index in [1.165, 1.54) is 16.2 Å². The van der Waals surface area contributed by atoms with Crippen molar-refractivity contribution in [2.24, 2.45) is 0 Å². The number of benzene rings is 1. The molecule has 0 saturated carbocycles. The van der Waals surface area contributed by atoms with Gasteiger partial charge in [0.05, 0.1) is 0 Å². The van der Waals surface area contributed by atoms with Crippen LogP contribution in [0.15, 0.2) is 36.5 Å². The highest BCUT2D eigenvalue weighted by atomic mass is 32.1. The average Bonchev–Trinajstić information content (AvgIpc) is 2.99. The van der Waals surface area contributed by atoms with E-state index >= 15 is 0 Å². The molecule has 23 heavy (non-hydrogen) atoms. The Morgan fingerprint density at radius 3 is 2.83 bits per heavy atom. The summed E-state index contributed by atoms with van der Waals surface area (Å²) in [5.41, 5.74) is 1.11. The molecule has 124 valence electrons. The Kier molecular flexibility index (Phi) is 7.03. The van der Waals surface area contributed by atoms with Gasteiger partial charge in [0.2, 0.25) is 0 Å². The Hall–Kier alpha value is -1.92. The van der Waals surface area contributed by atoms with Crippen LogP contribution in [0.5, 0.6) is 0 Å². The molecule has 0 aliphatic carbocycles. The van der Waals surface area contributed by atoms with Gasteiger partial charge in [-0.05, 0) is 18.4 Å². The Bertz CT molecular complexity index is 601. The van der Waals surface area contributed by atoms with Crippen LogP contribution in [-0.2, 0) is 6.42 Å². The number of aliphatic hydroxyl groups is 1. The van der Waals surface area contributed by atoms with Gasteiger partial charge in [0.25, 0.3) is 0 Å². The second kappa shape index (κ2) is 9.27. The number of nitrogens with one attached hydrogen (secondary N) is 2. The summed E-state index contributed by atoms with van der Waals surface area (Å²) >= 11 is 1.50. The lowest BCUT2D eigenvalue weighted by Gasteiger charge is -2.17. The second-order valence-electron chi connectivity index (χ2n) is 5.34. The van der Waals surface area contributed by atoms with Crippen molar-refractivity contribution in [3.05, 3.63) is 47.0 Å². The summed E-state index contributed by atoms with van der Waals surface area (Å²) in [7, 11) is 0. The van der Waals surface area contributed by atoms with E-state index in [0.717, 1.165) is 18.4 Å². The first-order chi connectivity index (χ1) is 11.2. The van der Waals surface area contributed by atoms with Crippen LogP contribution in [0.25, 0.3) is 0 Å². The average molecular weight is 333 g/mol. The van der Waals surface area contributed by atoms with Crippen molar-refractivity contribution in [2.75, 3.05) is 18.5 Å². The smallest absolute Gasteiger partial charge is 0.321 e. The molecule has 2 rings (SSSR count). The minimum Gasteiger partial charge on any atom is -0.396 e. The molecule has 0 saturated heterocycles. The van der Waals surface area contributed by atoms with Gasteiger partial charge in [0.1, 0.15) is 0 Å². The van der Waals surface area contributed by atoms with Crippen molar-refractivity contribution in [3.63, 3.8) is 0 Å². The van der Waals surface area contributed by atoms with Gasteiger partial charge in [0.15, 0.2) is 5.13 Å². The van der Waals surface area contributed by atoms with Crippen molar-refractivity contribution in [1.29, 1.82) is 0 Å². The Morgan fingerprint density at radius 2 is 2.13 bits per heavy atom. The largest absolute Gasteiger partial charge is 0.396 e. The van der Waals surface area contributed by atoms with Crippen LogP contribution < -0.4 is 10.6 Å². The number of urea groups is 1. The molecule has 0 aliphatic rings. The van der Waals surface area contributed by atoms with Crippen LogP contribution in [0, 0.1) is 0 Å². The first-order valence-corrected chi connectivity index (χ1v) is 8.70. The highest BCUT2D eigenvalue weighted by molar-refractivity contribution is 7.15. The van der Waals surface area contributed by atoms with E-state index in [4.69, 9.17) is 0 Å². The third-order valence-corrected chi connectivity index (χ3v) is 4.50. The molecule has 6 heteroatoms. The Labute approximate surface area is 140 Å². The third kappa shape index (κ3) is 5.65. The van der Waals surface area contributed by atoms with Crippen LogP contribution in [0.3, 0.4) is 0 Å². The van der Waals surface area contributed by atoms with Crippen molar-refractivity contribution < 1.29 is 9.90 Å². The summed E-state index contributed by atoms with van der Waals surface area (Å²) in [4.78, 5) is 17.4. The van der Waals surface area contributed by atoms with Crippen molar-refractivity contribution >= 4 is 22.5 Å². The van der Waals surface area contributed by atoms with E-state index in [1.54, 1.807) is 0 Å². The SMILES string of the molecule is CCCc1cnc(NC(=O)NCC(CCO)c2ccccc2)s1. The van der Waals surface area contributed by atoms with Gasteiger partial charge < -0.3 is 10.4 Å². The molecule has 1 unspecified atom stereocenters. The zero-order valence-electron chi connectivity index (χ0n) is 13.3. The zero-order valence-corrected chi connectivity index (χ0v) is 14.1. The number of thiazole rings is 1. The first-order valence-electron chi connectivity index (χ1n) is 7.88. The maximum atomic E-state index is 12.0. The molecule has 1 aromatic carbocycles. The van der Waals surface area contributed by atoms with Crippen LogP contribution >= 0.6 is 11.3 Å². The second-order valence-corrected chi connectivity index (χ2v) is 6.45. The summed E-state index contributed by atoms with van der Waals surface area (Å²) in [6.07, 6.45) is 4.46. The molecule has 0 aliphatic heterocycles. The number of rotatable bonds is 8. The quantitative estimate of drug-likeness (QED) is 0.693. The van der Waals surface area contributed by atoms with Gasteiger partial charge in [-0.1, -0.05) is 43.7 Å². The molecule has 2 aromatic rings. The summed E-state index contributed by atoms with van der Waals surface area (Å²) in [5.74, 6) is 0.0962. The lowest BCUT2D eigenvalue weighted by Crippen LogP contribution is -2.32. The number of aromatic nitrogens is 1. The molecule has 2 amide bonds. The van der Waals surface area contributed by atoms with Gasteiger partial charge in [-0.2, -0.15) is 0 Å². The molecule has 0 spiro atoms. The number of anilines is 1. The van der Waals surface area contributed by atoms with Gasteiger partial charge >= 0.3 is 6.03 Å². The zero-order chi connectivity index (χ0) is 16.5. The van der Waals surface area contributed by atoms with Crippen molar-refractivity contribution in [2.45, 2.75) is 32.1 Å². The number of hydrogen-bond donors (Lipinski definition) is 3. The molecular formula is C17H23N3O2S. The topological polar surface area (TPSA) is 74.2 Å². The number of carbonyl (C=O) groups excluding carboxylic acids is 1. The van der Waals surface area contributed by atoms with Gasteiger partial charge in [0, 0.05) is 30.1 Å². The predicted molar refractivity (Wildman–Crippen MR) is 94.0 cm³/mol. The van der Waals surface area contributed by atoms with E-state index in [0.29, 0.717) is 18.1 Å². The molecule has 1 aromatic heterocycles. The number of nitrogens with zero attached hydrogens (tertiary/aromatic N) is 1. The molecule has 0 bridgehead atoms. The van der Waals surface area contributed by atoms with Crippen LogP contribution in [0.2, 0.25) is 0 Å². The van der Waals surface area contributed by atoms with E-state index in [9.17, 15) is 9.90 Å². The molecular weight excluding hydrogens is 310 g/mol. The highest BCUT2D eigenvalue weighted by Gasteiger charge is 2.13. The normalized spacial score (nSPS) is 11.9. The Balaban J connectivity index is 1.86. The molecule has 0 radical (unpaired) electrons. The number of hydrogen-bond acceptors (Lipinski definition) is 4. The van der Waals surface area contributed by atoms with E-state index < -0.39 is 0 Å². The monoisotopic (exact) mass is 333 g/mol. The highest BCUT2D eigenvalue weighted by Crippen LogP contribution is 2.20. The lowest BCUT2D eigenvalue weighted by atomic mass is 9.96. The van der Waals surface area contributed by atoms with Gasteiger partial charge in [-0.3, -0.25) is 5.32 Å². The summed E-state index contributed by atoms with van der Waals surface area (Å²) in [5, 5.41) is 15.5. The molecule has 0 fully saturated rings. The molecule has 5 nitrogen and oxygen atoms in total. The number of amides is 2. The molecule has 1 atom stereocenters. The lowest BCUT2D eigenvalue weighted by molar-refractivity contribution is 0.248. The van der Waals surface area contributed by atoms with E-state index in [-0.39, 0.29) is 18.6 Å². The summed E-state index contributed by atoms with van der Waals surface area (Å²) in [6.45, 7) is 2.68. The Morgan fingerprint density at radius 1 is 1.35 bits per heavy atom. The number of carbonyl (C=O) groups is 1. The maximum Gasteiger partial charge on any atom is 0.321 e. The van der Waals surface area contributed by atoms with Crippen LogP contribution in [-0.4, -0.2) is 29.3 Å². The maximum absolute atomic E-state index is 12.0. The minimum absolute atomic E-state index is 0.0930. The molecule has 1 heterocycles. The van der Waals surface area contributed by atoms with Crippen LogP contribution in [0.4, 0.5) is 9.93 Å². The number of aliphatic hydroxyl groups excluding tert-OH is 1. The fourth-order valence-electron chi connectivity index (χ4n) is 2.35. The predicted octanol–water partition coefficient (Wildman–Crippen LogP) is 3.38. The number of aryl methyl sites for hydroxylation is 1. The fourth-order valence-corrected chi connectivity index (χ4v) is 3.26. The summed E-state index contributed by atoms with van der Waals surface area (Å²) < 4.78 is 0. The van der Waals surface area contributed by atoms with Crippen molar-refractivity contribution in [3.8, 4) is 0 Å². The fraction of sp³-hybridized carbons (Fsp3) is 0.412. The molecule has 3 N–H and O–H groups in total. The minimum atomic E-state index is -0.263.